The summed E-state index contributed by atoms with van der Waals surface area (Å²) < 4.78 is 109. The van der Waals surface area contributed by atoms with Crippen LogP contribution in [0.4, 0.5) is 35.1 Å². The molecular formula is C36H14F8N4. The van der Waals surface area contributed by atoms with Crippen LogP contribution >= 0.6 is 0 Å². The van der Waals surface area contributed by atoms with E-state index in [2.05, 4.69) is 15.0 Å². The van der Waals surface area contributed by atoms with Gasteiger partial charge in [0.1, 0.15) is 11.6 Å². The summed E-state index contributed by atoms with van der Waals surface area (Å²) in [6.45, 7) is 7.43. The quantitative estimate of drug-likeness (QED) is 0.0793. The number of hydrogen-bond acceptors (Lipinski definition) is 3. The van der Waals surface area contributed by atoms with E-state index >= 15 is 0 Å². The van der Waals surface area contributed by atoms with Crippen LogP contribution in [0.15, 0.2) is 95.0 Å². The van der Waals surface area contributed by atoms with Crippen molar-refractivity contribution in [3.63, 3.8) is 0 Å². The van der Waals surface area contributed by atoms with Gasteiger partial charge in [-0.2, -0.15) is 43.2 Å². The third-order valence-corrected chi connectivity index (χ3v) is 8.23. The average Bonchev–Trinajstić information content (AvgIpc) is 3.49. The lowest BCUT2D eigenvalue weighted by molar-refractivity contribution is -0.138. The van der Waals surface area contributed by atoms with Gasteiger partial charge < -0.3 is 0 Å². The fourth-order valence-corrected chi connectivity index (χ4v) is 6.20. The van der Waals surface area contributed by atoms with Crippen LogP contribution in [0.5, 0.6) is 0 Å². The van der Waals surface area contributed by atoms with E-state index in [1.54, 1.807) is 30.5 Å². The molecule has 0 bridgehead atoms. The predicted molar refractivity (Wildman–Crippen MR) is 163 cm³/mol. The second-order valence-electron chi connectivity index (χ2n) is 11.0. The lowest BCUT2D eigenvalue weighted by Gasteiger charge is -2.10. The zero-order valence-electron chi connectivity index (χ0n) is 23.9. The van der Waals surface area contributed by atoms with E-state index in [1.807, 2.05) is 0 Å². The van der Waals surface area contributed by atoms with Crippen molar-refractivity contribution in [2.45, 2.75) is 12.4 Å². The molecule has 0 aromatic heterocycles. The maximum Gasteiger partial charge on any atom is 0.416 e. The van der Waals surface area contributed by atoms with Crippen molar-refractivity contribution in [1.29, 1.82) is 5.26 Å². The van der Waals surface area contributed by atoms with Crippen molar-refractivity contribution < 1.29 is 35.1 Å². The zero-order valence-corrected chi connectivity index (χ0v) is 23.9. The van der Waals surface area contributed by atoms with Gasteiger partial charge in [-0.3, -0.25) is 0 Å². The zero-order chi connectivity index (χ0) is 34.1. The molecule has 0 aliphatic heterocycles. The minimum Gasteiger partial charge on any atom is -0.207 e. The van der Waals surface area contributed by atoms with Gasteiger partial charge in [0.25, 0.3) is 0 Å². The van der Waals surface area contributed by atoms with Gasteiger partial charge in [-0.25, -0.2) is 8.78 Å². The number of alkyl halides is 6. The van der Waals surface area contributed by atoms with Crippen LogP contribution in [-0.4, -0.2) is 0 Å². The van der Waals surface area contributed by atoms with Crippen LogP contribution in [-0.2, 0) is 12.4 Å². The molecule has 48 heavy (non-hydrogen) atoms. The summed E-state index contributed by atoms with van der Waals surface area (Å²) >= 11 is 0. The largest absolute Gasteiger partial charge is 0.416 e. The average molecular weight is 655 g/mol. The van der Waals surface area contributed by atoms with Crippen LogP contribution in [0.3, 0.4) is 0 Å². The van der Waals surface area contributed by atoms with Gasteiger partial charge in [-0.05, 0) is 104 Å². The summed E-state index contributed by atoms with van der Waals surface area (Å²) in [6, 6.07) is 17.2. The van der Waals surface area contributed by atoms with Crippen molar-refractivity contribution >= 4 is 43.1 Å². The van der Waals surface area contributed by atoms with Crippen molar-refractivity contribution in [2.75, 3.05) is 0 Å². The van der Waals surface area contributed by atoms with E-state index in [9.17, 15) is 40.4 Å². The van der Waals surface area contributed by atoms with E-state index in [-0.39, 0.29) is 33.0 Å². The molecule has 0 aliphatic carbocycles. The number of nitriles is 1. The topological polar surface area (TPSA) is 52.9 Å². The molecule has 0 saturated heterocycles. The SMILES string of the molecule is [C-]#[N+]/N=c1\c2cc(-c3cc(F)cc(C(F)(F)F)c3)ccc2c2cc3/c(=N/C#N)c4cc(-c5cc(F)cc(C(F)(F)F)c5)ccc4c3cc12. The second-order valence-corrected chi connectivity index (χ2v) is 11.0. The smallest absolute Gasteiger partial charge is 0.207 e. The first-order chi connectivity index (χ1) is 22.8. The molecule has 0 heterocycles. The number of rotatable bonds is 2. The Morgan fingerprint density at radius 3 is 1.40 bits per heavy atom. The molecule has 0 radical (unpaired) electrons. The molecule has 0 atom stereocenters. The Balaban J connectivity index is 1.49. The molecule has 7 aromatic carbocycles. The lowest BCUT2D eigenvalue weighted by atomic mass is 10.00. The standard InChI is InChI=1S/C36H14F8N4/c1-46-48-34-30-11-18(20-7-22(36(42,43)44)13-24(38)9-20)3-5-26(30)28-14-31-27(15-32(28)34)25-4-2-17(10-29(25)33(31)47-16-45)19-6-21(35(39,40)41)12-23(37)8-19/h2-15H/b47-33+,48-34+. The Kier molecular flexibility index (Phi) is 6.81. The van der Waals surface area contributed by atoms with Gasteiger partial charge >= 0.3 is 12.4 Å². The number of benzene rings is 5. The maximum absolute atomic E-state index is 14.2. The van der Waals surface area contributed by atoms with Gasteiger partial charge in [0, 0.05) is 21.5 Å². The van der Waals surface area contributed by atoms with Gasteiger partial charge in [0.05, 0.1) is 21.6 Å². The Bertz CT molecular complexity index is 2510. The van der Waals surface area contributed by atoms with Gasteiger partial charge in [-0.15, -0.1) is 4.95 Å². The minimum absolute atomic E-state index is 0.0282. The summed E-state index contributed by atoms with van der Waals surface area (Å²) in [5.74, 6) is -2.14. The van der Waals surface area contributed by atoms with Crippen LogP contribution < -0.4 is 10.7 Å². The van der Waals surface area contributed by atoms with Crippen LogP contribution in [0.2, 0.25) is 0 Å². The fraction of sp³-hybridized carbons (Fsp3) is 0.0556. The normalized spacial score (nSPS) is 13.2. The summed E-state index contributed by atoms with van der Waals surface area (Å²) in [5.41, 5.74) is -1.86. The minimum atomic E-state index is -4.78. The summed E-state index contributed by atoms with van der Waals surface area (Å²) in [5, 5.41) is 18.1. The van der Waals surface area contributed by atoms with E-state index in [0.29, 0.717) is 55.2 Å². The van der Waals surface area contributed by atoms with Crippen molar-refractivity contribution in [1.82, 2.24) is 0 Å². The highest BCUT2D eigenvalue weighted by Gasteiger charge is 2.32. The first-order valence-corrected chi connectivity index (χ1v) is 13.9. The second kappa shape index (κ2) is 10.7. The van der Waals surface area contributed by atoms with E-state index in [0.717, 1.165) is 24.3 Å². The highest BCUT2D eigenvalue weighted by molar-refractivity contribution is 6.21. The molecule has 7 rings (SSSR count). The highest BCUT2D eigenvalue weighted by atomic mass is 19.4. The third kappa shape index (κ3) is 4.99. The first-order valence-electron chi connectivity index (χ1n) is 13.9. The molecule has 0 amide bonds. The molecule has 4 nitrogen and oxygen atoms in total. The number of fused-ring (bicyclic) bond motifs is 6. The van der Waals surface area contributed by atoms with Crippen LogP contribution in [0.1, 0.15) is 11.1 Å². The Labute approximate surface area is 264 Å². The van der Waals surface area contributed by atoms with Crippen LogP contribution in [0, 0.1) is 29.7 Å². The highest BCUT2D eigenvalue weighted by Crippen LogP contribution is 2.38. The molecule has 0 fully saturated rings. The van der Waals surface area contributed by atoms with Gasteiger partial charge in [0.15, 0.2) is 5.36 Å². The number of nitrogens with zero attached hydrogens (tertiary/aromatic N) is 4. The molecular weight excluding hydrogens is 640 g/mol. The molecule has 234 valence electrons. The van der Waals surface area contributed by atoms with Crippen molar-refractivity contribution in [3.05, 3.63) is 130 Å². The van der Waals surface area contributed by atoms with Crippen LogP contribution in [0.25, 0.3) is 70.3 Å². The summed E-state index contributed by atoms with van der Waals surface area (Å²) in [6.07, 6.45) is -7.79. The number of hydrogen-bond donors (Lipinski definition) is 0. The predicted octanol–water partition coefficient (Wildman–Crippen LogP) is 9.94. The third-order valence-electron chi connectivity index (χ3n) is 8.23. The molecule has 0 N–H and O–H groups in total. The molecule has 0 spiro atoms. The molecule has 12 heteroatoms. The molecule has 7 aromatic rings. The molecule has 0 aliphatic rings. The van der Waals surface area contributed by atoms with Crippen molar-refractivity contribution in [3.8, 4) is 28.4 Å². The van der Waals surface area contributed by atoms with Gasteiger partial charge in [0.2, 0.25) is 6.19 Å². The van der Waals surface area contributed by atoms with E-state index in [4.69, 9.17) is 6.57 Å². The summed E-state index contributed by atoms with van der Waals surface area (Å²) in [4.78, 5) is 7.19. The Hall–Kier alpha value is -6.14. The van der Waals surface area contributed by atoms with Gasteiger partial charge in [-0.1, -0.05) is 24.3 Å². The van der Waals surface area contributed by atoms with E-state index in [1.165, 1.54) is 24.3 Å². The summed E-state index contributed by atoms with van der Waals surface area (Å²) in [7, 11) is 0. The van der Waals surface area contributed by atoms with Crippen molar-refractivity contribution in [2.24, 2.45) is 10.1 Å². The Morgan fingerprint density at radius 1 is 0.521 bits per heavy atom. The van der Waals surface area contributed by atoms with E-state index < -0.39 is 35.1 Å². The maximum atomic E-state index is 14.2. The fourth-order valence-electron chi connectivity index (χ4n) is 6.20. The molecule has 0 saturated carbocycles. The monoisotopic (exact) mass is 654 g/mol. The molecule has 0 unspecified atom stereocenters. The first kappa shape index (κ1) is 30.5. The number of halogens is 8. The lowest BCUT2D eigenvalue weighted by Crippen LogP contribution is -2.05. The Morgan fingerprint density at radius 2 is 0.958 bits per heavy atom.